The highest BCUT2D eigenvalue weighted by Gasteiger charge is 2.09. The summed E-state index contributed by atoms with van der Waals surface area (Å²) in [4.78, 5) is 4.18. The van der Waals surface area contributed by atoms with Gasteiger partial charge < -0.3 is 5.32 Å². The predicted molar refractivity (Wildman–Crippen MR) is 79.9 cm³/mol. The van der Waals surface area contributed by atoms with Gasteiger partial charge in [0.25, 0.3) is 0 Å². The van der Waals surface area contributed by atoms with E-state index < -0.39 is 0 Å². The molecule has 1 atom stereocenters. The number of hydrogen-bond acceptors (Lipinski definition) is 2. The lowest BCUT2D eigenvalue weighted by Crippen LogP contribution is -2.23. The summed E-state index contributed by atoms with van der Waals surface area (Å²) >= 11 is 0. The first-order valence-corrected chi connectivity index (χ1v) is 7.11. The van der Waals surface area contributed by atoms with E-state index in [1.807, 2.05) is 12.4 Å². The molecule has 1 unspecified atom stereocenters. The summed E-state index contributed by atoms with van der Waals surface area (Å²) in [6.45, 7) is 2.06. The minimum absolute atomic E-state index is 0.807. The van der Waals surface area contributed by atoms with Crippen molar-refractivity contribution in [1.82, 2.24) is 10.3 Å². The molecule has 1 N–H and O–H groups in total. The fraction of sp³-hybridized carbons (Fsp3) is 0.353. The highest BCUT2D eigenvalue weighted by molar-refractivity contribution is 5.84. The first-order valence-electron chi connectivity index (χ1n) is 7.11. The van der Waals surface area contributed by atoms with Crippen molar-refractivity contribution in [3.05, 3.63) is 54.4 Å². The quantitative estimate of drug-likeness (QED) is 0.840. The zero-order chi connectivity index (χ0) is 12.9. The van der Waals surface area contributed by atoms with E-state index in [1.165, 1.54) is 35.6 Å². The Bertz CT molecular complexity index is 569. The third kappa shape index (κ3) is 3.02. The van der Waals surface area contributed by atoms with Crippen LogP contribution in [0.25, 0.3) is 10.8 Å². The molecule has 19 heavy (non-hydrogen) atoms. The van der Waals surface area contributed by atoms with Gasteiger partial charge in [0, 0.05) is 24.3 Å². The van der Waals surface area contributed by atoms with Gasteiger partial charge in [0.2, 0.25) is 0 Å². The molecule has 0 saturated heterocycles. The van der Waals surface area contributed by atoms with Gasteiger partial charge in [-0.15, -0.1) is 0 Å². The van der Waals surface area contributed by atoms with Crippen LogP contribution in [0.15, 0.2) is 48.8 Å². The van der Waals surface area contributed by atoms with Gasteiger partial charge in [-0.3, -0.25) is 4.98 Å². The Labute approximate surface area is 114 Å². The maximum Gasteiger partial charge on any atom is 0.0346 e. The zero-order valence-electron chi connectivity index (χ0n) is 11.2. The molecule has 0 spiro atoms. The number of rotatable bonds is 4. The molecular formula is C17H20N2. The first-order chi connectivity index (χ1) is 9.43. The normalized spacial score (nSPS) is 18.8. The Kier molecular flexibility index (Phi) is 3.89. The molecule has 2 aromatic rings. The molecule has 0 bridgehead atoms. The van der Waals surface area contributed by atoms with Crippen molar-refractivity contribution in [1.29, 1.82) is 0 Å². The second-order valence-corrected chi connectivity index (χ2v) is 5.30. The standard InChI is InChI=1S/C17H20N2/c1-2-5-14(6-3-1)11-19-13-16-8-4-7-15-12-18-10-9-17(15)16/h1-2,4,7-10,12,14,19H,3,5-6,11,13H2. The average molecular weight is 252 g/mol. The first kappa shape index (κ1) is 12.4. The lowest BCUT2D eigenvalue weighted by Gasteiger charge is -2.18. The van der Waals surface area contributed by atoms with Crippen LogP contribution in [-0.2, 0) is 6.54 Å². The van der Waals surface area contributed by atoms with Gasteiger partial charge in [-0.25, -0.2) is 0 Å². The van der Waals surface area contributed by atoms with Crippen molar-refractivity contribution >= 4 is 10.8 Å². The van der Waals surface area contributed by atoms with Gasteiger partial charge in [0.1, 0.15) is 0 Å². The largest absolute Gasteiger partial charge is 0.312 e. The summed E-state index contributed by atoms with van der Waals surface area (Å²) in [5.74, 6) is 0.807. The van der Waals surface area contributed by atoms with E-state index in [0.29, 0.717) is 0 Å². The summed E-state index contributed by atoms with van der Waals surface area (Å²) in [5, 5.41) is 6.15. The molecule has 3 rings (SSSR count). The van der Waals surface area contributed by atoms with E-state index in [1.54, 1.807) is 0 Å². The molecule has 1 aromatic carbocycles. The van der Waals surface area contributed by atoms with Crippen LogP contribution in [0, 0.1) is 5.92 Å². The maximum absolute atomic E-state index is 4.18. The van der Waals surface area contributed by atoms with Crippen LogP contribution >= 0.6 is 0 Å². The van der Waals surface area contributed by atoms with Crippen molar-refractivity contribution in [2.45, 2.75) is 25.8 Å². The Morgan fingerprint density at radius 2 is 2.21 bits per heavy atom. The van der Waals surface area contributed by atoms with Crippen molar-refractivity contribution < 1.29 is 0 Å². The lowest BCUT2D eigenvalue weighted by atomic mass is 9.94. The molecule has 0 aliphatic heterocycles. The number of pyridine rings is 1. The minimum Gasteiger partial charge on any atom is -0.312 e. The van der Waals surface area contributed by atoms with E-state index in [-0.39, 0.29) is 0 Å². The monoisotopic (exact) mass is 252 g/mol. The van der Waals surface area contributed by atoms with Gasteiger partial charge in [0.15, 0.2) is 0 Å². The van der Waals surface area contributed by atoms with Crippen LogP contribution in [0.1, 0.15) is 24.8 Å². The summed E-state index contributed by atoms with van der Waals surface area (Å²) < 4.78 is 0. The van der Waals surface area contributed by atoms with Crippen molar-refractivity contribution in [2.75, 3.05) is 6.54 Å². The van der Waals surface area contributed by atoms with Crippen LogP contribution in [0.2, 0.25) is 0 Å². The van der Waals surface area contributed by atoms with Crippen molar-refractivity contribution in [3.63, 3.8) is 0 Å². The molecule has 0 saturated carbocycles. The SMILES string of the molecule is C1=CCC(CNCc2cccc3cnccc23)CC1. The van der Waals surface area contributed by atoms with Crippen molar-refractivity contribution in [2.24, 2.45) is 5.92 Å². The van der Waals surface area contributed by atoms with Crippen LogP contribution in [0.4, 0.5) is 0 Å². The van der Waals surface area contributed by atoms with Gasteiger partial charge in [0.05, 0.1) is 0 Å². The van der Waals surface area contributed by atoms with E-state index in [0.717, 1.165) is 19.0 Å². The van der Waals surface area contributed by atoms with E-state index in [9.17, 15) is 0 Å². The maximum atomic E-state index is 4.18. The predicted octanol–water partition coefficient (Wildman–Crippen LogP) is 3.68. The highest BCUT2D eigenvalue weighted by atomic mass is 14.9. The number of aromatic nitrogens is 1. The molecular weight excluding hydrogens is 232 g/mol. The number of benzene rings is 1. The Morgan fingerprint density at radius 3 is 3.11 bits per heavy atom. The number of nitrogens with one attached hydrogen (secondary N) is 1. The number of nitrogens with zero attached hydrogens (tertiary/aromatic N) is 1. The van der Waals surface area contributed by atoms with Crippen LogP contribution in [-0.4, -0.2) is 11.5 Å². The van der Waals surface area contributed by atoms with Gasteiger partial charge >= 0.3 is 0 Å². The van der Waals surface area contributed by atoms with Crippen LogP contribution < -0.4 is 5.32 Å². The van der Waals surface area contributed by atoms with Gasteiger partial charge in [-0.1, -0.05) is 30.4 Å². The topological polar surface area (TPSA) is 24.9 Å². The van der Waals surface area contributed by atoms with Gasteiger partial charge in [-0.2, -0.15) is 0 Å². The number of allylic oxidation sites excluding steroid dienone is 2. The molecule has 0 fully saturated rings. The third-order valence-corrected chi connectivity index (χ3v) is 3.90. The molecule has 98 valence electrons. The second-order valence-electron chi connectivity index (χ2n) is 5.30. The second kappa shape index (κ2) is 5.98. The molecule has 0 amide bonds. The highest BCUT2D eigenvalue weighted by Crippen LogP contribution is 2.19. The summed E-state index contributed by atoms with van der Waals surface area (Å²) in [6.07, 6.45) is 12.2. The zero-order valence-corrected chi connectivity index (χ0v) is 11.2. The van der Waals surface area contributed by atoms with Crippen molar-refractivity contribution in [3.8, 4) is 0 Å². The van der Waals surface area contributed by atoms with E-state index >= 15 is 0 Å². The number of fused-ring (bicyclic) bond motifs is 1. The fourth-order valence-corrected chi connectivity index (χ4v) is 2.80. The molecule has 1 aliphatic rings. The Hall–Kier alpha value is -1.67. The summed E-state index contributed by atoms with van der Waals surface area (Å²) in [6, 6.07) is 8.55. The van der Waals surface area contributed by atoms with E-state index in [4.69, 9.17) is 0 Å². The number of hydrogen-bond donors (Lipinski definition) is 1. The summed E-state index contributed by atoms with van der Waals surface area (Å²) in [7, 11) is 0. The van der Waals surface area contributed by atoms with Crippen LogP contribution in [0.5, 0.6) is 0 Å². The molecule has 1 heterocycles. The average Bonchev–Trinajstić information content (AvgIpc) is 2.49. The van der Waals surface area contributed by atoms with Gasteiger partial charge in [-0.05, 0) is 48.7 Å². The molecule has 2 heteroatoms. The third-order valence-electron chi connectivity index (χ3n) is 3.90. The Balaban J connectivity index is 1.63. The fourth-order valence-electron chi connectivity index (χ4n) is 2.80. The molecule has 1 aromatic heterocycles. The smallest absolute Gasteiger partial charge is 0.0346 e. The minimum atomic E-state index is 0.807. The molecule has 1 aliphatic carbocycles. The van der Waals surface area contributed by atoms with E-state index in [2.05, 4.69) is 46.7 Å². The summed E-state index contributed by atoms with van der Waals surface area (Å²) in [5.41, 5.74) is 1.37. The molecule has 0 radical (unpaired) electrons. The Morgan fingerprint density at radius 1 is 1.21 bits per heavy atom. The lowest BCUT2D eigenvalue weighted by molar-refractivity contribution is 0.441. The molecule has 2 nitrogen and oxygen atoms in total. The van der Waals surface area contributed by atoms with Crippen LogP contribution in [0.3, 0.4) is 0 Å².